The summed E-state index contributed by atoms with van der Waals surface area (Å²) in [7, 11) is -3.81. The van der Waals surface area contributed by atoms with E-state index in [9.17, 15) is 13.2 Å². The maximum atomic E-state index is 12.9. The molecular formula is C20H18Cl2N4O4S. The first kappa shape index (κ1) is 21.8. The minimum Gasteiger partial charge on any atom is -0.403 e. The minimum absolute atomic E-state index is 0.00427. The Balaban J connectivity index is 1.38. The average molecular weight is 481 g/mol. The number of nitrogens with one attached hydrogen (secondary N) is 1. The molecule has 1 N–H and O–H groups in total. The van der Waals surface area contributed by atoms with Crippen LogP contribution >= 0.6 is 23.2 Å². The molecule has 4 rings (SSSR count). The Morgan fingerprint density at radius 3 is 2.45 bits per heavy atom. The largest absolute Gasteiger partial charge is 0.403 e. The van der Waals surface area contributed by atoms with Crippen LogP contribution in [0.1, 0.15) is 12.8 Å². The molecule has 0 unspecified atom stereocenters. The molecule has 0 spiro atoms. The zero-order valence-electron chi connectivity index (χ0n) is 16.2. The molecule has 162 valence electrons. The molecule has 2 heterocycles. The number of amides is 1. The van der Waals surface area contributed by atoms with E-state index in [0.29, 0.717) is 18.7 Å². The number of carbonyl (C=O) groups excluding carboxylic acids is 1. The van der Waals surface area contributed by atoms with E-state index >= 15 is 0 Å². The van der Waals surface area contributed by atoms with Crippen LogP contribution in [0.4, 0.5) is 6.01 Å². The maximum Gasteiger partial charge on any atom is 0.322 e. The molecule has 11 heteroatoms. The summed E-state index contributed by atoms with van der Waals surface area (Å²) in [4.78, 5) is 12.6. The van der Waals surface area contributed by atoms with E-state index in [1.165, 1.54) is 22.5 Å². The van der Waals surface area contributed by atoms with Gasteiger partial charge in [-0.3, -0.25) is 10.1 Å². The van der Waals surface area contributed by atoms with Crippen LogP contribution in [0.15, 0.2) is 57.8 Å². The molecule has 0 aliphatic carbocycles. The molecule has 1 amide bonds. The second kappa shape index (κ2) is 8.96. The summed E-state index contributed by atoms with van der Waals surface area (Å²) in [6, 6.07) is 13.7. The fourth-order valence-corrected chi connectivity index (χ4v) is 5.56. The summed E-state index contributed by atoms with van der Waals surface area (Å²) in [6.07, 6.45) is 0.700. The third kappa shape index (κ3) is 4.59. The van der Waals surface area contributed by atoms with Crippen LogP contribution in [0.25, 0.3) is 11.5 Å². The molecule has 1 aliphatic heterocycles. The first-order valence-corrected chi connectivity index (χ1v) is 11.7. The van der Waals surface area contributed by atoms with Crippen LogP contribution < -0.4 is 5.32 Å². The van der Waals surface area contributed by atoms with Gasteiger partial charge in [-0.15, -0.1) is 5.10 Å². The average Bonchev–Trinajstić information content (AvgIpc) is 3.24. The van der Waals surface area contributed by atoms with E-state index < -0.39 is 10.0 Å². The summed E-state index contributed by atoms with van der Waals surface area (Å²) in [5, 5.41) is 10.6. The van der Waals surface area contributed by atoms with Gasteiger partial charge < -0.3 is 4.42 Å². The predicted molar refractivity (Wildman–Crippen MR) is 116 cm³/mol. The Morgan fingerprint density at radius 2 is 1.74 bits per heavy atom. The van der Waals surface area contributed by atoms with Crippen molar-refractivity contribution < 1.29 is 17.6 Å². The van der Waals surface area contributed by atoms with Crippen LogP contribution in [0.3, 0.4) is 0 Å². The smallest absolute Gasteiger partial charge is 0.322 e. The number of piperidine rings is 1. The Hall–Kier alpha value is -2.46. The number of nitrogens with zero attached hydrogens (tertiary/aromatic N) is 3. The third-order valence-electron chi connectivity index (χ3n) is 5.03. The zero-order chi connectivity index (χ0) is 22.0. The molecule has 1 saturated heterocycles. The van der Waals surface area contributed by atoms with E-state index in [2.05, 4.69) is 15.5 Å². The van der Waals surface area contributed by atoms with E-state index in [4.69, 9.17) is 27.6 Å². The highest BCUT2D eigenvalue weighted by atomic mass is 35.5. The molecule has 1 aromatic heterocycles. The van der Waals surface area contributed by atoms with Crippen LogP contribution in [-0.2, 0) is 14.8 Å². The van der Waals surface area contributed by atoms with Crippen LogP contribution in [0.2, 0.25) is 10.0 Å². The minimum atomic E-state index is -3.81. The normalized spacial score (nSPS) is 15.7. The monoisotopic (exact) mass is 480 g/mol. The fraction of sp³-hybridized carbons (Fsp3) is 0.250. The number of carbonyl (C=O) groups is 1. The summed E-state index contributed by atoms with van der Waals surface area (Å²) in [5.41, 5.74) is 0.744. The summed E-state index contributed by atoms with van der Waals surface area (Å²) in [6.45, 7) is 0.366. The standard InChI is InChI=1S/C20H18Cl2N4O4S/c21-15-7-4-8-16(17(15)22)31(28,29)26-11-9-13(10-12-26)18(27)23-20-25-24-19(30-20)14-5-2-1-3-6-14/h1-8,13H,9-12H2,(H,23,25,27). The van der Waals surface area contributed by atoms with Crippen molar-refractivity contribution in [3.63, 3.8) is 0 Å². The van der Waals surface area contributed by atoms with Gasteiger partial charge in [-0.1, -0.05) is 52.6 Å². The van der Waals surface area contributed by atoms with E-state index in [1.807, 2.05) is 30.3 Å². The van der Waals surface area contributed by atoms with Gasteiger partial charge in [0, 0.05) is 24.6 Å². The molecule has 3 aromatic rings. The second-order valence-corrected chi connectivity index (χ2v) is 9.69. The van der Waals surface area contributed by atoms with Crippen molar-refractivity contribution in [3.8, 4) is 11.5 Å². The van der Waals surface area contributed by atoms with E-state index in [0.717, 1.165) is 5.56 Å². The molecule has 0 atom stereocenters. The lowest BCUT2D eigenvalue weighted by molar-refractivity contribution is -0.121. The van der Waals surface area contributed by atoms with Gasteiger partial charge in [-0.25, -0.2) is 8.42 Å². The number of halogens is 2. The molecule has 2 aromatic carbocycles. The first-order valence-electron chi connectivity index (χ1n) is 9.50. The second-order valence-electron chi connectivity index (χ2n) is 7.00. The van der Waals surface area contributed by atoms with Gasteiger partial charge in [-0.2, -0.15) is 4.31 Å². The van der Waals surface area contributed by atoms with E-state index in [1.54, 1.807) is 0 Å². The van der Waals surface area contributed by atoms with Crippen molar-refractivity contribution in [1.29, 1.82) is 0 Å². The highest BCUT2D eigenvalue weighted by Gasteiger charge is 2.34. The number of hydrogen-bond donors (Lipinski definition) is 1. The summed E-state index contributed by atoms with van der Waals surface area (Å²) < 4.78 is 32.6. The third-order valence-corrected chi connectivity index (χ3v) is 7.91. The molecule has 8 nitrogen and oxygen atoms in total. The van der Waals surface area contributed by atoms with Crippen molar-refractivity contribution >= 4 is 45.1 Å². The highest BCUT2D eigenvalue weighted by Crippen LogP contribution is 2.33. The molecule has 1 aliphatic rings. The van der Waals surface area contributed by atoms with Crippen molar-refractivity contribution in [2.75, 3.05) is 18.4 Å². The van der Waals surface area contributed by atoms with Gasteiger partial charge in [0.25, 0.3) is 0 Å². The zero-order valence-corrected chi connectivity index (χ0v) is 18.5. The number of rotatable bonds is 5. The Morgan fingerprint density at radius 1 is 1.03 bits per heavy atom. The van der Waals surface area contributed by atoms with Gasteiger partial charge >= 0.3 is 6.01 Å². The Bertz CT molecular complexity index is 1190. The number of anilines is 1. The Kier molecular flexibility index (Phi) is 6.29. The molecule has 0 radical (unpaired) electrons. The van der Waals surface area contributed by atoms with Gasteiger partial charge in [0.05, 0.1) is 10.0 Å². The van der Waals surface area contributed by atoms with Crippen molar-refractivity contribution in [3.05, 3.63) is 58.6 Å². The quantitative estimate of drug-likeness (QED) is 0.589. The highest BCUT2D eigenvalue weighted by molar-refractivity contribution is 7.89. The lowest BCUT2D eigenvalue weighted by atomic mass is 9.97. The Labute approximate surface area is 189 Å². The van der Waals surface area contributed by atoms with Crippen molar-refractivity contribution in [2.24, 2.45) is 5.92 Å². The van der Waals surface area contributed by atoms with Crippen LogP contribution in [0.5, 0.6) is 0 Å². The fourth-order valence-electron chi connectivity index (χ4n) is 3.36. The molecule has 0 bridgehead atoms. The summed E-state index contributed by atoms with van der Waals surface area (Å²) >= 11 is 12.0. The molecular weight excluding hydrogens is 463 g/mol. The maximum absolute atomic E-state index is 12.9. The number of benzene rings is 2. The summed E-state index contributed by atoms with van der Waals surface area (Å²) in [5.74, 6) is -0.371. The van der Waals surface area contributed by atoms with Gasteiger partial charge in [-0.05, 0) is 37.1 Å². The lowest BCUT2D eigenvalue weighted by Gasteiger charge is -2.30. The molecule has 0 saturated carbocycles. The molecule has 31 heavy (non-hydrogen) atoms. The first-order chi connectivity index (χ1) is 14.9. The predicted octanol–water partition coefficient (Wildman–Crippen LogP) is 4.08. The lowest BCUT2D eigenvalue weighted by Crippen LogP contribution is -2.41. The number of hydrogen-bond acceptors (Lipinski definition) is 6. The number of sulfonamides is 1. The van der Waals surface area contributed by atoms with Gasteiger partial charge in [0.1, 0.15) is 4.90 Å². The SMILES string of the molecule is O=C(Nc1nnc(-c2ccccc2)o1)C1CCN(S(=O)(=O)c2cccc(Cl)c2Cl)CC1. The van der Waals surface area contributed by atoms with Gasteiger partial charge in [0.15, 0.2) is 0 Å². The van der Waals surface area contributed by atoms with E-state index in [-0.39, 0.29) is 45.9 Å². The van der Waals surface area contributed by atoms with Crippen molar-refractivity contribution in [1.82, 2.24) is 14.5 Å². The topological polar surface area (TPSA) is 105 Å². The van der Waals surface area contributed by atoms with Crippen LogP contribution in [-0.4, -0.2) is 41.9 Å². The van der Waals surface area contributed by atoms with Crippen molar-refractivity contribution in [2.45, 2.75) is 17.7 Å². The molecule has 1 fully saturated rings. The number of aromatic nitrogens is 2. The van der Waals surface area contributed by atoms with Gasteiger partial charge in [0.2, 0.25) is 21.8 Å². The van der Waals surface area contributed by atoms with Crippen LogP contribution in [0, 0.1) is 5.92 Å².